The van der Waals surface area contributed by atoms with Gasteiger partial charge in [-0.25, -0.2) is 4.39 Å². The maximum Gasteiger partial charge on any atom is 0.416 e. The second-order valence-corrected chi connectivity index (χ2v) is 8.53. The van der Waals surface area contributed by atoms with Crippen molar-refractivity contribution in [2.45, 2.75) is 31.8 Å². The Balaban J connectivity index is 1.42. The van der Waals surface area contributed by atoms with Gasteiger partial charge in [-0.1, -0.05) is 24.3 Å². The highest BCUT2D eigenvalue weighted by Gasteiger charge is 2.36. The molecule has 0 saturated carbocycles. The normalized spacial score (nSPS) is 17.5. The molecule has 2 aliphatic rings. The maximum atomic E-state index is 13.6. The van der Waals surface area contributed by atoms with E-state index >= 15 is 0 Å². The molecule has 35 heavy (non-hydrogen) atoms. The van der Waals surface area contributed by atoms with Crippen LogP contribution in [0.3, 0.4) is 0 Å². The molecule has 2 aliphatic heterocycles. The van der Waals surface area contributed by atoms with Gasteiger partial charge in [0.2, 0.25) is 0 Å². The Hall–Kier alpha value is -3.59. The molecule has 9 heteroatoms. The summed E-state index contributed by atoms with van der Waals surface area (Å²) in [4.78, 5) is 14.7. The zero-order valence-electron chi connectivity index (χ0n) is 18.6. The minimum absolute atomic E-state index is 0.0451. The van der Waals surface area contributed by atoms with Crippen LogP contribution in [-0.4, -0.2) is 25.2 Å². The molecule has 0 bridgehead atoms. The standard InChI is InChI=1S/C26H22F4N2O3/c27-19-6-4-16(5-7-19)13-31-23-3-1-2-17-14-32(25(33)24(17)23)20-10-18(26(28,29)30)11-22(12-20)35-21-8-9-34-15-21/h1-7,10-12,21,31H,8-9,13-15H2. The lowest BCUT2D eigenvalue weighted by Gasteiger charge is -2.21. The number of hydrogen-bond donors (Lipinski definition) is 1. The first-order chi connectivity index (χ1) is 16.8. The molecule has 0 aliphatic carbocycles. The number of carbonyl (C=O) groups excluding carboxylic acids is 1. The minimum atomic E-state index is -4.60. The van der Waals surface area contributed by atoms with Crippen molar-refractivity contribution < 1.29 is 31.8 Å². The van der Waals surface area contributed by atoms with Crippen molar-refractivity contribution >= 4 is 17.3 Å². The van der Waals surface area contributed by atoms with Gasteiger partial charge in [-0.15, -0.1) is 0 Å². The van der Waals surface area contributed by atoms with Gasteiger partial charge in [0, 0.05) is 30.4 Å². The van der Waals surface area contributed by atoms with E-state index in [4.69, 9.17) is 9.47 Å². The Bertz CT molecular complexity index is 1240. The van der Waals surface area contributed by atoms with Gasteiger partial charge in [0.1, 0.15) is 17.7 Å². The summed E-state index contributed by atoms with van der Waals surface area (Å²) in [6.45, 7) is 1.29. The molecule has 1 unspecified atom stereocenters. The highest BCUT2D eigenvalue weighted by atomic mass is 19.4. The Labute approximate surface area is 199 Å². The largest absolute Gasteiger partial charge is 0.488 e. The molecule has 1 amide bonds. The van der Waals surface area contributed by atoms with Gasteiger partial charge in [0.05, 0.1) is 30.9 Å². The summed E-state index contributed by atoms with van der Waals surface area (Å²) in [5.41, 5.74) is 1.70. The van der Waals surface area contributed by atoms with E-state index in [1.54, 1.807) is 30.3 Å². The molecule has 5 rings (SSSR count). The number of fused-ring (bicyclic) bond motifs is 1. The molecule has 0 spiro atoms. The number of ether oxygens (including phenoxy) is 2. The van der Waals surface area contributed by atoms with E-state index in [2.05, 4.69) is 5.32 Å². The van der Waals surface area contributed by atoms with E-state index in [0.717, 1.165) is 17.7 Å². The molecule has 1 saturated heterocycles. The summed E-state index contributed by atoms with van der Waals surface area (Å²) in [6, 6.07) is 14.7. The van der Waals surface area contributed by atoms with Crippen LogP contribution >= 0.6 is 0 Å². The van der Waals surface area contributed by atoms with E-state index in [9.17, 15) is 22.4 Å². The minimum Gasteiger partial charge on any atom is -0.488 e. The smallest absolute Gasteiger partial charge is 0.416 e. The van der Waals surface area contributed by atoms with Crippen LogP contribution in [-0.2, 0) is 24.0 Å². The Morgan fingerprint density at radius 3 is 2.60 bits per heavy atom. The molecule has 1 atom stereocenters. The predicted molar refractivity (Wildman–Crippen MR) is 122 cm³/mol. The zero-order chi connectivity index (χ0) is 24.6. The van der Waals surface area contributed by atoms with E-state index in [-0.39, 0.29) is 29.9 Å². The molecule has 3 aromatic rings. The Kier molecular flexibility index (Phi) is 6.10. The predicted octanol–water partition coefficient (Wildman–Crippen LogP) is 5.78. The maximum absolute atomic E-state index is 13.6. The molecule has 1 N–H and O–H groups in total. The van der Waals surface area contributed by atoms with Crippen molar-refractivity contribution in [3.05, 3.63) is 88.7 Å². The first kappa shape index (κ1) is 23.2. The molecule has 3 aromatic carbocycles. The lowest BCUT2D eigenvalue weighted by Crippen LogP contribution is -2.24. The third-order valence-electron chi connectivity index (χ3n) is 6.06. The molecule has 0 radical (unpaired) electrons. The van der Waals surface area contributed by atoms with Crippen molar-refractivity contribution in [2.24, 2.45) is 0 Å². The van der Waals surface area contributed by atoms with Gasteiger partial charge < -0.3 is 19.7 Å². The van der Waals surface area contributed by atoms with E-state index in [1.165, 1.54) is 23.1 Å². The number of rotatable bonds is 6. The number of anilines is 2. The fraction of sp³-hybridized carbons (Fsp3) is 0.269. The zero-order valence-corrected chi connectivity index (χ0v) is 18.6. The SMILES string of the molecule is O=C1c2c(cccc2NCc2ccc(F)cc2)CN1c1cc(OC2CCOC2)cc(C(F)(F)F)c1. The van der Waals surface area contributed by atoms with Crippen molar-refractivity contribution in [1.82, 2.24) is 0 Å². The van der Waals surface area contributed by atoms with Crippen LogP contribution in [0.15, 0.2) is 60.7 Å². The molecule has 5 nitrogen and oxygen atoms in total. The fourth-order valence-corrected chi connectivity index (χ4v) is 4.29. The Morgan fingerprint density at radius 2 is 1.89 bits per heavy atom. The van der Waals surface area contributed by atoms with Gasteiger partial charge in [0.25, 0.3) is 5.91 Å². The first-order valence-electron chi connectivity index (χ1n) is 11.2. The summed E-state index contributed by atoms with van der Waals surface area (Å²) in [5.74, 6) is -0.703. The van der Waals surface area contributed by atoms with Crippen LogP contribution < -0.4 is 15.0 Å². The third-order valence-corrected chi connectivity index (χ3v) is 6.06. The number of alkyl halides is 3. The molecule has 1 fully saturated rings. The molecular formula is C26H22F4N2O3. The van der Waals surface area contributed by atoms with Crippen LogP contribution in [0.1, 0.15) is 33.5 Å². The number of benzene rings is 3. The van der Waals surface area contributed by atoms with Crippen molar-refractivity contribution in [3.8, 4) is 5.75 Å². The van der Waals surface area contributed by atoms with Crippen LogP contribution in [0.4, 0.5) is 28.9 Å². The summed E-state index contributed by atoms with van der Waals surface area (Å²) in [5, 5.41) is 3.19. The molecule has 182 valence electrons. The number of hydrogen-bond acceptors (Lipinski definition) is 4. The van der Waals surface area contributed by atoms with Gasteiger partial charge in [-0.2, -0.15) is 13.2 Å². The summed E-state index contributed by atoms with van der Waals surface area (Å²) >= 11 is 0. The Morgan fingerprint density at radius 1 is 1.09 bits per heavy atom. The molecule has 2 heterocycles. The van der Waals surface area contributed by atoms with Crippen molar-refractivity contribution in [1.29, 1.82) is 0 Å². The molecular weight excluding hydrogens is 464 g/mol. The topological polar surface area (TPSA) is 50.8 Å². The van der Waals surface area contributed by atoms with Crippen LogP contribution in [0, 0.1) is 5.82 Å². The highest BCUT2D eigenvalue weighted by Crippen LogP contribution is 2.39. The summed E-state index contributed by atoms with van der Waals surface area (Å²) < 4.78 is 65.1. The van der Waals surface area contributed by atoms with Crippen LogP contribution in [0.25, 0.3) is 0 Å². The number of nitrogens with zero attached hydrogens (tertiary/aromatic N) is 1. The van der Waals surface area contributed by atoms with Gasteiger partial charge >= 0.3 is 6.18 Å². The van der Waals surface area contributed by atoms with E-state index < -0.39 is 17.6 Å². The van der Waals surface area contributed by atoms with E-state index in [1.807, 2.05) is 0 Å². The lowest BCUT2D eigenvalue weighted by molar-refractivity contribution is -0.137. The highest BCUT2D eigenvalue weighted by molar-refractivity contribution is 6.13. The van der Waals surface area contributed by atoms with Crippen molar-refractivity contribution in [3.63, 3.8) is 0 Å². The quantitative estimate of drug-likeness (QED) is 0.449. The number of carbonyl (C=O) groups is 1. The lowest BCUT2D eigenvalue weighted by atomic mass is 10.1. The van der Waals surface area contributed by atoms with Gasteiger partial charge in [-0.05, 0) is 41.5 Å². The summed E-state index contributed by atoms with van der Waals surface area (Å²) in [7, 11) is 0. The van der Waals surface area contributed by atoms with Crippen molar-refractivity contribution in [2.75, 3.05) is 23.4 Å². The monoisotopic (exact) mass is 486 g/mol. The fourth-order valence-electron chi connectivity index (χ4n) is 4.29. The van der Waals surface area contributed by atoms with Gasteiger partial charge in [0.15, 0.2) is 0 Å². The van der Waals surface area contributed by atoms with Crippen LogP contribution in [0.5, 0.6) is 5.75 Å². The number of halogens is 4. The average Bonchev–Trinajstić information content (AvgIpc) is 3.46. The number of nitrogens with one attached hydrogen (secondary N) is 1. The summed E-state index contributed by atoms with van der Waals surface area (Å²) in [6.07, 6.45) is -4.35. The van der Waals surface area contributed by atoms with Gasteiger partial charge in [-0.3, -0.25) is 4.79 Å². The molecule has 0 aromatic heterocycles. The first-order valence-corrected chi connectivity index (χ1v) is 11.2. The second-order valence-electron chi connectivity index (χ2n) is 8.53. The average molecular weight is 486 g/mol. The third kappa shape index (κ3) is 4.95. The van der Waals surface area contributed by atoms with Crippen LogP contribution in [0.2, 0.25) is 0 Å². The number of amides is 1. The van der Waals surface area contributed by atoms with E-state index in [0.29, 0.717) is 43.0 Å². The second kappa shape index (κ2) is 9.22.